The van der Waals surface area contributed by atoms with E-state index in [1.165, 1.54) is 0 Å². The van der Waals surface area contributed by atoms with Gasteiger partial charge in [0.1, 0.15) is 6.42 Å². The predicted molar refractivity (Wildman–Crippen MR) is 70.7 cm³/mol. The molecule has 0 atom stereocenters. The third-order valence-corrected chi connectivity index (χ3v) is 2.52. The summed E-state index contributed by atoms with van der Waals surface area (Å²) in [5, 5.41) is 11.1. The van der Waals surface area contributed by atoms with E-state index in [9.17, 15) is 4.79 Å². The van der Waals surface area contributed by atoms with Gasteiger partial charge in [-0.05, 0) is 23.3 Å². The first-order valence-corrected chi connectivity index (χ1v) is 5.62. The summed E-state index contributed by atoms with van der Waals surface area (Å²) < 4.78 is 0. The van der Waals surface area contributed by atoms with Crippen LogP contribution in [-0.4, -0.2) is 5.91 Å². The molecule has 2 aromatic carbocycles. The van der Waals surface area contributed by atoms with Crippen molar-refractivity contribution in [2.24, 2.45) is 0 Å². The zero-order valence-electron chi connectivity index (χ0n) is 9.76. The Labute approximate surface area is 106 Å². The van der Waals surface area contributed by atoms with Gasteiger partial charge >= 0.3 is 0 Å². The number of carbonyl (C=O) groups is 1. The summed E-state index contributed by atoms with van der Waals surface area (Å²) >= 11 is 0. The molecule has 3 heteroatoms. The van der Waals surface area contributed by atoms with Crippen LogP contribution in [0.4, 0.5) is 5.69 Å². The Kier molecular flexibility index (Phi) is 3.72. The Morgan fingerprint density at radius 3 is 2.22 bits per heavy atom. The molecular formula is C15H12N2O. The Morgan fingerprint density at radius 2 is 1.61 bits per heavy atom. The third kappa shape index (κ3) is 2.96. The molecule has 0 aromatic heterocycles. The summed E-state index contributed by atoms with van der Waals surface area (Å²) in [5.41, 5.74) is 2.93. The van der Waals surface area contributed by atoms with Crippen molar-refractivity contribution in [3.05, 3.63) is 54.6 Å². The molecule has 0 saturated heterocycles. The number of nitriles is 1. The second kappa shape index (κ2) is 5.65. The van der Waals surface area contributed by atoms with Gasteiger partial charge in [0.25, 0.3) is 0 Å². The smallest absolute Gasteiger partial charge is 0.238 e. The van der Waals surface area contributed by atoms with Gasteiger partial charge in [-0.25, -0.2) is 0 Å². The standard InChI is InChI=1S/C15H12N2O/c16-11-10-15(18)17-14-8-6-13(7-9-14)12-4-2-1-3-5-12/h1-9H,10H2,(H,17,18). The molecule has 18 heavy (non-hydrogen) atoms. The van der Waals surface area contributed by atoms with E-state index in [1.807, 2.05) is 60.7 Å². The zero-order chi connectivity index (χ0) is 12.8. The maximum atomic E-state index is 11.2. The number of nitrogens with one attached hydrogen (secondary N) is 1. The van der Waals surface area contributed by atoms with Crippen LogP contribution in [0.2, 0.25) is 0 Å². The molecule has 1 N–H and O–H groups in total. The first-order valence-electron chi connectivity index (χ1n) is 5.62. The second-order valence-electron chi connectivity index (χ2n) is 3.83. The number of benzene rings is 2. The molecule has 0 radical (unpaired) electrons. The van der Waals surface area contributed by atoms with Crippen molar-refractivity contribution < 1.29 is 4.79 Å². The van der Waals surface area contributed by atoms with Crippen molar-refractivity contribution in [2.45, 2.75) is 6.42 Å². The van der Waals surface area contributed by atoms with Crippen LogP contribution in [-0.2, 0) is 4.79 Å². The number of anilines is 1. The molecule has 0 spiro atoms. The number of hydrogen-bond acceptors (Lipinski definition) is 2. The van der Waals surface area contributed by atoms with Crippen LogP contribution in [0.3, 0.4) is 0 Å². The van der Waals surface area contributed by atoms with E-state index in [-0.39, 0.29) is 12.3 Å². The van der Waals surface area contributed by atoms with Crippen LogP contribution in [0.1, 0.15) is 6.42 Å². The quantitative estimate of drug-likeness (QED) is 0.889. The number of amides is 1. The number of carbonyl (C=O) groups excluding carboxylic acids is 1. The van der Waals surface area contributed by atoms with Crippen LogP contribution in [0, 0.1) is 11.3 Å². The van der Waals surface area contributed by atoms with Gasteiger partial charge in [-0.3, -0.25) is 4.79 Å². The highest BCUT2D eigenvalue weighted by molar-refractivity contribution is 5.92. The van der Waals surface area contributed by atoms with E-state index < -0.39 is 0 Å². The largest absolute Gasteiger partial charge is 0.325 e. The monoisotopic (exact) mass is 236 g/mol. The van der Waals surface area contributed by atoms with E-state index in [4.69, 9.17) is 5.26 Å². The SMILES string of the molecule is N#CCC(=O)Nc1ccc(-c2ccccc2)cc1. The van der Waals surface area contributed by atoms with Crippen molar-refractivity contribution in [3.63, 3.8) is 0 Å². The van der Waals surface area contributed by atoms with Crippen molar-refractivity contribution >= 4 is 11.6 Å². The summed E-state index contributed by atoms with van der Waals surface area (Å²) in [6.07, 6.45) is -0.125. The lowest BCUT2D eigenvalue weighted by Gasteiger charge is -2.05. The zero-order valence-corrected chi connectivity index (χ0v) is 9.76. The molecule has 88 valence electrons. The lowest BCUT2D eigenvalue weighted by Crippen LogP contribution is -2.09. The maximum Gasteiger partial charge on any atom is 0.238 e. The molecule has 0 unspecified atom stereocenters. The Hall–Kier alpha value is -2.60. The minimum Gasteiger partial charge on any atom is -0.325 e. The Bertz CT molecular complexity index is 568. The number of rotatable bonds is 3. The summed E-state index contributed by atoms with van der Waals surface area (Å²) in [5.74, 6) is -0.287. The lowest BCUT2D eigenvalue weighted by molar-refractivity contribution is -0.115. The van der Waals surface area contributed by atoms with Gasteiger partial charge in [0, 0.05) is 5.69 Å². The fourth-order valence-electron chi connectivity index (χ4n) is 1.65. The molecule has 2 rings (SSSR count). The van der Waals surface area contributed by atoms with Crippen molar-refractivity contribution in [1.29, 1.82) is 5.26 Å². The summed E-state index contributed by atoms with van der Waals surface area (Å²) in [6, 6.07) is 19.4. The van der Waals surface area contributed by atoms with E-state index in [2.05, 4.69) is 5.32 Å². The topological polar surface area (TPSA) is 52.9 Å². The molecule has 0 bridgehead atoms. The van der Waals surface area contributed by atoms with Crippen LogP contribution in [0.5, 0.6) is 0 Å². The molecule has 0 aliphatic heterocycles. The van der Waals surface area contributed by atoms with Crippen LogP contribution >= 0.6 is 0 Å². The molecule has 0 aliphatic rings. The van der Waals surface area contributed by atoms with Gasteiger partial charge in [-0.2, -0.15) is 5.26 Å². The molecule has 2 aromatic rings. The van der Waals surface area contributed by atoms with Gasteiger partial charge in [0.2, 0.25) is 5.91 Å². The van der Waals surface area contributed by atoms with Gasteiger partial charge in [0.15, 0.2) is 0 Å². The summed E-state index contributed by atoms with van der Waals surface area (Å²) in [4.78, 5) is 11.2. The molecule has 0 saturated carbocycles. The van der Waals surface area contributed by atoms with E-state index >= 15 is 0 Å². The fraction of sp³-hybridized carbons (Fsp3) is 0.0667. The normalized spacial score (nSPS) is 9.50. The van der Waals surface area contributed by atoms with E-state index in [0.717, 1.165) is 11.1 Å². The lowest BCUT2D eigenvalue weighted by atomic mass is 10.1. The third-order valence-electron chi connectivity index (χ3n) is 2.52. The molecular weight excluding hydrogens is 224 g/mol. The second-order valence-corrected chi connectivity index (χ2v) is 3.83. The summed E-state index contributed by atoms with van der Waals surface area (Å²) in [6.45, 7) is 0. The number of nitrogens with zero attached hydrogens (tertiary/aromatic N) is 1. The average Bonchev–Trinajstić information content (AvgIpc) is 2.41. The van der Waals surface area contributed by atoms with Gasteiger partial charge in [0.05, 0.1) is 6.07 Å². The molecule has 0 heterocycles. The first kappa shape index (κ1) is 11.9. The molecule has 1 amide bonds. The van der Waals surface area contributed by atoms with Crippen LogP contribution < -0.4 is 5.32 Å². The predicted octanol–water partition coefficient (Wildman–Crippen LogP) is 3.21. The molecule has 0 fully saturated rings. The van der Waals surface area contributed by atoms with Crippen LogP contribution in [0.15, 0.2) is 54.6 Å². The Balaban J connectivity index is 2.11. The van der Waals surface area contributed by atoms with Crippen molar-refractivity contribution in [1.82, 2.24) is 0 Å². The first-order chi connectivity index (χ1) is 8.79. The van der Waals surface area contributed by atoms with Gasteiger partial charge in [-0.15, -0.1) is 0 Å². The summed E-state index contributed by atoms with van der Waals surface area (Å²) in [7, 11) is 0. The van der Waals surface area contributed by atoms with Crippen LogP contribution in [0.25, 0.3) is 11.1 Å². The van der Waals surface area contributed by atoms with E-state index in [1.54, 1.807) is 0 Å². The fourth-order valence-corrected chi connectivity index (χ4v) is 1.65. The minimum absolute atomic E-state index is 0.125. The highest BCUT2D eigenvalue weighted by atomic mass is 16.1. The van der Waals surface area contributed by atoms with Gasteiger partial charge in [-0.1, -0.05) is 42.5 Å². The maximum absolute atomic E-state index is 11.2. The highest BCUT2D eigenvalue weighted by Crippen LogP contribution is 2.20. The number of hydrogen-bond donors (Lipinski definition) is 1. The highest BCUT2D eigenvalue weighted by Gasteiger charge is 2.01. The van der Waals surface area contributed by atoms with Crippen molar-refractivity contribution in [2.75, 3.05) is 5.32 Å². The van der Waals surface area contributed by atoms with Gasteiger partial charge < -0.3 is 5.32 Å². The molecule has 3 nitrogen and oxygen atoms in total. The molecule has 0 aliphatic carbocycles. The Morgan fingerprint density at radius 1 is 1.00 bits per heavy atom. The van der Waals surface area contributed by atoms with E-state index in [0.29, 0.717) is 5.69 Å². The average molecular weight is 236 g/mol. The minimum atomic E-state index is -0.287. The van der Waals surface area contributed by atoms with Crippen molar-refractivity contribution in [3.8, 4) is 17.2 Å².